The van der Waals surface area contributed by atoms with Crippen LogP contribution >= 0.6 is 23.2 Å². The van der Waals surface area contributed by atoms with Crippen LogP contribution in [0.25, 0.3) is 22.3 Å². The van der Waals surface area contributed by atoms with Gasteiger partial charge in [-0.2, -0.15) is 0 Å². The van der Waals surface area contributed by atoms with Crippen LogP contribution in [0.2, 0.25) is 10.0 Å². The van der Waals surface area contributed by atoms with E-state index < -0.39 is 18.0 Å². The van der Waals surface area contributed by atoms with Crippen molar-refractivity contribution in [3.8, 4) is 17.1 Å². The van der Waals surface area contributed by atoms with E-state index in [0.717, 1.165) is 0 Å². The van der Waals surface area contributed by atoms with E-state index in [1.165, 1.54) is 6.07 Å². The van der Waals surface area contributed by atoms with Crippen molar-refractivity contribution in [2.45, 2.75) is 6.92 Å². The van der Waals surface area contributed by atoms with Gasteiger partial charge >= 0.3 is 5.97 Å². The minimum atomic E-state index is -0.594. The summed E-state index contributed by atoms with van der Waals surface area (Å²) in [6.07, 6.45) is 0. The molecule has 7 heteroatoms. The van der Waals surface area contributed by atoms with Crippen molar-refractivity contribution in [3.63, 3.8) is 0 Å². The summed E-state index contributed by atoms with van der Waals surface area (Å²) in [7, 11) is 0. The maximum absolute atomic E-state index is 12.9. The average molecular weight is 393 g/mol. The second kappa shape index (κ2) is 7.81. The van der Waals surface area contributed by atoms with E-state index >= 15 is 0 Å². The molecule has 0 saturated heterocycles. The molecule has 2 aromatic carbocycles. The topological polar surface area (TPSA) is 65.7 Å². The molecule has 0 radical (unpaired) electrons. The molecular weight excluding hydrogens is 379 g/mol. The molecule has 1 heterocycles. The van der Waals surface area contributed by atoms with Crippen LogP contribution in [0.5, 0.6) is 5.75 Å². The van der Waals surface area contributed by atoms with Crippen LogP contribution < -0.4 is 10.2 Å². The Kier molecular flexibility index (Phi) is 5.49. The first kappa shape index (κ1) is 18.3. The van der Waals surface area contributed by atoms with E-state index in [9.17, 15) is 9.59 Å². The van der Waals surface area contributed by atoms with Gasteiger partial charge in [-0.25, -0.2) is 4.79 Å². The second-order valence-electron chi connectivity index (χ2n) is 5.30. The van der Waals surface area contributed by atoms with Crippen LogP contribution in [0.15, 0.2) is 51.7 Å². The number of halogens is 2. The van der Waals surface area contributed by atoms with Gasteiger partial charge in [-0.3, -0.25) is 4.79 Å². The molecule has 0 amide bonds. The summed E-state index contributed by atoms with van der Waals surface area (Å²) in [5.41, 5.74) is 0.354. The molecule has 0 fully saturated rings. The van der Waals surface area contributed by atoms with Gasteiger partial charge in [0.1, 0.15) is 5.58 Å². The summed E-state index contributed by atoms with van der Waals surface area (Å²) in [5, 5.41) is 1.00. The fourth-order valence-electron chi connectivity index (χ4n) is 2.44. The zero-order chi connectivity index (χ0) is 18.7. The lowest BCUT2D eigenvalue weighted by Crippen LogP contribution is -2.18. The fourth-order valence-corrected chi connectivity index (χ4v) is 2.83. The minimum absolute atomic E-state index is 0.124. The normalized spacial score (nSPS) is 10.7. The van der Waals surface area contributed by atoms with Crippen LogP contribution in [0, 0.1) is 0 Å². The summed E-state index contributed by atoms with van der Waals surface area (Å²) in [6.45, 7) is 1.46. The van der Waals surface area contributed by atoms with Crippen LogP contribution in [-0.2, 0) is 9.53 Å². The molecule has 0 N–H and O–H groups in total. The van der Waals surface area contributed by atoms with Crippen molar-refractivity contribution >= 4 is 40.1 Å². The van der Waals surface area contributed by atoms with E-state index in [4.69, 9.17) is 37.1 Å². The predicted molar refractivity (Wildman–Crippen MR) is 100 cm³/mol. The van der Waals surface area contributed by atoms with E-state index in [0.29, 0.717) is 21.2 Å². The van der Waals surface area contributed by atoms with Crippen molar-refractivity contribution in [2.75, 3.05) is 13.2 Å². The van der Waals surface area contributed by atoms with E-state index in [-0.39, 0.29) is 23.5 Å². The quantitative estimate of drug-likeness (QED) is 0.588. The Balaban J connectivity index is 2.19. The number of benzene rings is 2. The molecule has 26 heavy (non-hydrogen) atoms. The molecule has 0 aliphatic heterocycles. The number of fused-ring (bicyclic) bond motifs is 1. The van der Waals surface area contributed by atoms with Crippen LogP contribution in [0.4, 0.5) is 0 Å². The molecule has 0 saturated carbocycles. The summed E-state index contributed by atoms with van der Waals surface area (Å²) < 4.78 is 16.2. The first-order valence-electron chi connectivity index (χ1n) is 7.81. The van der Waals surface area contributed by atoms with Gasteiger partial charge in [-0.05, 0) is 37.3 Å². The lowest BCUT2D eigenvalue weighted by molar-refractivity contribution is -0.145. The third-order valence-electron chi connectivity index (χ3n) is 3.57. The van der Waals surface area contributed by atoms with Gasteiger partial charge in [0.05, 0.1) is 17.0 Å². The van der Waals surface area contributed by atoms with E-state index in [1.54, 1.807) is 43.3 Å². The van der Waals surface area contributed by atoms with Gasteiger partial charge < -0.3 is 13.9 Å². The Hall–Kier alpha value is -2.50. The zero-order valence-electron chi connectivity index (χ0n) is 13.8. The second-order valence-corrected chi connectivity index (χ2v) is 6.15. The lowest BCUT2D eigenvalue weighted by atomic mass is 10.1. The van der Waals surface area contributed by atoms with Crippen LogP contribution in [0.3, 0.4) is 0 Å². The summed E-state index contributed by atoms with van der Waals surface area (Å²) in [6, 6.07) is 11.6. The number of carbonyl (C=O) groups is 1. The highest BCUT2D eigenvalue weighted by Gasteiger charge is 2.20. The zero-order valence-corrected chi connectivity index (χ0v) is 15.3. The standard InChI is InChI=1S/C19H14Cl2O5/c1-2-24-16(22)10-25-19-17(23)13-9-11(20)7-8-15(13)26-18(19)12-5-3-4-6-14(12)21/h3-9H,2,10H2,1H3. The SMILES string of the molecule is CCOC(=O)COc1c(-c2ccccc2Cl)oc2ccc(Cl)cc2c1=O. The van der Waals surface area contributed by atoms with Crippen molar-refractivity contribution in [1.82, 2.24) is 0 Å². The van der Waals surface area contributed by atoms with Crippen LogP contribution in [0.1, 0.15) is 6.92 Å². The van der Waals surface area contributed by atoms with Crippen molar-refractivity contribution in [3.05, 3.63) is 62.7 Å². The highest BCUT2D eigenvalue weighted by Crippen LogP contribution is 2.35. The van der Waals surface area contributed by atoms with Gasteiger partial charge in [0, 0.05) is 10.6 Å². The molecule has 134 valence electrons. The molecule has 0 bridgehead atoms. The number of hydrogen-bond acceptors (Lipinski definition) is 5. The van der Waals surface area contributed by atoms with Crippen molar-refractivity contribution < 1.29 is 18.7 Å². The van der Waals surface area contributed by atoms with Crippen molar-refractivity contribution in [1.29, 1.82) is 0 Å². The molecule has 0 unspecified atom stereocenters. The lowest BCUT2D eigenvalue weighted by Gasteiger charge is -2.12. The van der Waals surface area contributed by atoms with E-state index in [2.05, 4.69) is 0 Å². The number of ether oxygens (including phenoxy) is 2. The Morgan fingerprint density at radius 3 is 2.65 bits per heavy atom. The monoisotopic (exact) mass is 392 g/mol. The van der Waals surface area contributed by atoms with Crippen LogP contribution in [-0.4, -0.2) is 19.2 Å². The highest BCUT2D eigenvalue weighted by molar-refractivity contribution is 6.33. The fraction of sp³-hybridized carbons (Fsp3) is 0.158. The molecule has 0 spiro atoms. The third-order valence-corrected chi connectivity index (χ3v) is 4.13. The molecule has 3 aromatic rings. The maximum Gasteiger partial charge on any atom is 0.344 e. The third kappa shape index (κ3) is 3.69. The smallest absolute Gasteiger partial charge is 0.344 e. The molecule has 0 aliphatic rings. The summed E-state index contributed by atoms with van der Waals surface area (Å²) in [4.78, 5) is 24.6. The highest BCUT2D eigenvalue weighted by atomic mass is 35.5. The molecule has 1 aromatic heterocycles. The maximum atomic E-state index is 12.9. The number of rotatable bonds is 5. The molecule has 0 atom stereocenters. The Morgan fingerprint density at radius 2 is 1.92 bits per heavy atom. The van der Waals surface area contributed by atoms with Crippen molar-refractivity contribution in [2.24, 2.45) is 0 Å². The number of esters is 1. The molecule has 3 rings (SSSR count). The Morgan fingerprint density at radius 1 is 1.15 bits per heavy atom. The first-order valence-corrected chi connectivity index (χ1v) is 8.56. The minimum Gasteiger partial charge on any atom is -0.474 e. The number of carbonyl (C=O) groups excluding carboxylic acids is 1. The van der Waals surface area contributed by atoms with Gasteiger partial charge in [-0.15, -0.1) is 0 Å². The van der Waals surface area contributed by atoms with E-state index in [1.807, 2.05) is 0 Å². The Bertz CT molecular complexity index is 1030. The molecule has 0 aliphatic carbocycles. The molecular formula is C19H14Cl2O5. The Labute approximate surface area is 159 Å². The average Bonchev–Trinajstić information content (AvgIpc) is 2.62. The number of hydrogen-bond donors (Lipinski definition) is 0. The van der Waals surface area contributed by atoms with Gasteiger partial charge in [0.25, 0.3) is 0 Å². The predicted octanol–water partition coefficient (Wildman–Crippen LogP) is 4.71. The summed E-state index contributed by atoms with van der Waals surface area (Å²) >= 11 is 12.2. The molecule has 5 nitrogen and oxygen atoms in total. The summed E-state index contributed by atoms with van der Waals surface area (Å²) in [5.74, 6) is -0.580. The van der Waals surface area contributed by atoms with Gasteiger partial charge in [-0.1, -0.05) is 35.3 Å². The first-order chi connectivity index (χ1) is 12.5. The largest absolute Gasteiger partial charge is 0.474 e. The van der Waals surface area contributed by atoms with Gasteiger partial charge in [0.15, 0.2) is 12.4 Å². The van der Waals surface area contributed by atoms with Gasteiger partial charge in [0.2, 0.25) is 11.2 Å².